The zero-order valence-electron chi connectivity index (χ0n) is 73.6. The SMILES string of the molecule is O=C(O)c1cc(OC(=O)c2cc(OC(=O)c3cc(OC(=O)c4cc(OC(=O)c5cc(OC(=O)c6cc(CCc7cccc8ccccc78)n[nH]6)c6c(c5)OC(c5ccccc5)(c5ccccc5)O6)c5c(c4)OC(c4ccccc4)(c4ccccc4)O5)c4c(c3)OC(c3ccccc3)(c3ccccc3)O4)c3c(c2)OC(c2ccccc2)(c2ccccc2)O3)c2c(c1)OC(c1ccccc1)(c1ccccc1)O2. The van der Waals surface area contributed by atoms with Crippen LogP contribution in [-0.4, -0.2) is 51.1 Å². The number of H-pyrrole nitrogens is 1. The van der Waals surface area contributed by atoms with Crippen LogP contribution in [0.4, 0.5) is 0 Å². The molecule has 24 nitrogen and oxygen atoms in total. The third-order valence-corrected chi connectivity index (χ3v) is 24.7. The maximum Gasteiger partial charge on any atom is 0.361 e. The molecule has 1 aromatic heterocycles. The lowest BCUT2D eigenvalue weighted by molar-refractivity contribution is -0.0470. The predicted molar refractivity (Wildman–Crippen MR) is 509 cm³/mol. The van der Waals surface area contributed by atoms with Gasteiger partial charge in [0.25, 0.3) is 0 Å². The quantitative estimate of drug-likeness (QED) is 0.0420. The van der Waals surface area contributed by atoms with Crippen molar-refractivity contribution in [2.24, 2.45) is 0 Å². The van der Waals surface area contributed by atoms with Gasteiger partial charge in [0.15, 0.2) is 57.5 Å². The Bertz CT molecular complexity index is 7720. The van der Waals surface area contributed by atoms with Gasteiger partial charge >= 0.3 is 64.8 Å². The fourth-order valence-electron chi connectivity index (χ4n) is 18.1. The summed E-state index contributed by atoms with van der Waals surface area (Å²) in [6.07, 6.45) is 1.06. The molecule has 5 aliphatic rings. The third-order valence-electron chi connectivity index (χ3n) is 24.7. The van der Waals surface area contributed by atoms with E-state index in [9.17, 15) is 14.7 Å². The average Bonchev–Trinajstić information content (AvgIpc) is 1.59. The molecule has 0 radical (unpaired) electrons. The van der Waals surface area contributed by atoms with E-state index in [1.54, 1.807) is 200 Å². The number of rotatable bonds is 24. The highest BCUT2D eigenvalue weighted by Crippen LogP contribution is 2.60. The molecule has 0 saturated heterocycles. The molecule has 0 spiro atoms. The van der Waals surface area contributed by atoms with Crippen molar-refractivity contribution in [3.05, 3.63) is 513 Å². The van der Waals surface area contributed by atoms with Gasteiger partial charge in [0.1, 0.15) is 5.69 Å². The average molecular weight is 1850 g/mol. The van der Waals surface area contributed by atoms with Crippen LogP contribution >= 0.6 is 0 Å². The van der Waals surface area contributed by atoms with Gasteiger partial charge in [0.2, 0.25) is 28.7 Å². The number of benzene rings is 17. The fraction of sp³-hybridized carbons (Fsp3) is 0.0603. The van der Waals surface area contributed by atoms with Crippen molar-refractivity contribution in [3.63, 3.8) is 0 Å². The van der Waals surface area contributed by atoms with E-state index < -0.39 is 82.0 Å². The molecule has 0 fully saturated rings. The maximum absolute atomic E-state index is 16.2. The first-order valence-electron chi connectivity index (χ1n) is 44.8. The number of carboxylic acids is 1. The molecule has 18 aromatic rings. The van der Waals surface area contributed by atoms with Crippen LogP contribution in [0.25, 0.3) is 10.8 Å². The number of nitrogens with one attached hydrogen (secondary N) is 1. The molecular formula is C116H74N2O22. The monoisotopic (exact) mass is 1850 g/mol. The molecule has 6 heterocycles. The van der Waals surface area contributed by atoms with Crippen molar-refractivity contribution in [1.82, 2.24) is 10.2 Å². The Hall–Kier alpha value is -19.0. The summed E-state index contributed by atoms with van der Waals surface area (Å²) >= 11 is 0. The molecule has 17 aromatic carbocycles. The number of aromatic nitrogens is 2. The van der Waals surface area contributed by atoms with Crippen LogP contribution in [0, 0.1) is 0 Å². The molecule has 5 aliphatic heterocycles. The molecule has 0 amide bonds. The number of hydrogen-bond acceptors (Lipinski definition) is 22. The minimum Gasteiger partial charge on any atom is -0.478 e. The van der Waals surface area contributed by atoms with E-state index in [-0.39, 0.29) is 103 Å². The number of nitrogens with zero attached hydrogens (tertiary/aromatic N) is 1. The second kappa shape index (κ2) is 34.8. The minimum atomic E-state index is -1.86. The normalized spacial score (nSPS) is 14.4. The first kappa shape index (κ1) is 85.2. The van der Waals surface area contributed by atoms with Gasteiger partial charge < -0.3 is 76.2 Å². The molecule has 0 saturated carbocycles. The second-order valence-corrected chi connectivity index (χ2v) is 33.4. The second-order valence-electron chi connectivity index (χ2n) is 33.4. The highest BCUT2D eigenvalue weighted by molar-refractivity contribution is 6.00. The molecule has 0 atom stereocenters. The predicted octanol–water partition coefficient (Wildman–Crippen LogP) is 22.5. The van der Waals surface area contributed by atoms with Crippen molar-refractivity contribution in [2.75, 3.05) is 0 Å². The summed E-state index contributed by atoms with van der Waals surface area (Å²) in [5, 5.41) is 20.2. The van der Waals surface area contributed by atoms with Crippen LogP contribution in [0.1, 0.15) is 129 Å². The summed E-state index contributed by atoms with van der Waals surface area (Å²) in [5.74, 6) is -18.9. The van der Waals surface area contributed by atoms with Crippen LogP contribution in [0.15, 0.2) is 413 Å². The molecule has 0 unspecified atom stereocenters. The Balaban J connectivity index is 0.629. The van der Waals surface area contributed by atoms with E-state index in [2.05, 4.69) is 34.5 Å². The van der Waals surface area contributed by atoms with E-state index in [0.29, 0.717) is 74.2 Å². The van der Waals surface area contributed by atoms with Gasteiger partial charge in [-0.15, -0.1) is 0 Å². The van der Waals surface area contributed by atoms with Gasteiger partial charge in [-0.05, 0) is 95.9 Å². The summed E-state index contributed by atoms with van der Waals surface area (Å²) < 4.78 is 102. The fourth-order valence-corrected chi connectivity index (χ4v) is 18.1. The lowest BCUT2D eigenvalue weighted by Crippen LogP contribution is -2.36. The van der Waals surface area contributed by atoms with E-state index in [1.165, 1.54) is 54.6 Å². The highest BCUT2D eigenvalue weighted by Gasteiger charge is 2.54. The van der Waals surface area contributed by atoms with Crippen LogP contribution in [0.5, 0.6) is 86.2 Å². The number of aromatic amines is 1. The molecule has 24 heteroatoms. The van der Waals surface area contributed by atoms with Crippen molar-refractivity contribution in [3.8, 4) is 86.2 Å². The van der Waals surface area contributed by atoms with E-state index in [1.807, 2.05) is 127 Å². The van der Waals surface area contributed by atoms with Crippen molar-refractivity contribution >= 4 is 46.6 Å². The summed E-state index contributed by atoms with van der Waals surface area (Å²) in [6, 6.07) is 118. The smallest absolute Gasteiger partial charge is 0.361 e. The molecule has 140 heavy (non-hydrogen) atoms. The number of ether oxygens (including phenoxy) is 15. The van der Waals surface area contributed by atoms with E-state index in [0.717, 1.165) is 22.4 Å². The number of aryl methyl sites for hydroxylation is 2. The third kappa shape index (κ3) is 15.2. The summed E-state index contributed by atoms with van der Waals surface area (Å²) in [7, 11) is 0. The molecule has 0 bridgehead atoms. The lowest BCUT2D eigenvalue weighted by Gasteiger charge is -2.28. The number of esters is 5. The first-order chi connectivity index (χ1) is 68.5. The van der Waals surface area contributed by atoms with Gasteiger partial charge in [-0.3, -0.25) is 5.10 Å². The number of carbonyl (C=O) groups is 6. The van der Waals surface area contributed by atoms with Crippen molar-refractivity contribution in [1.29, 1.82) is 0 Å². The minimum absolute atomic E-state index is 0.0156. The van der Waals surface area contributed by atoms with Crippen LogP contribution in [-0.2, 0) is 41.8 Å². The Morgan fingerprint density at radius 1 is 0.243 bits per heavy atom. The van der Waals surface area contributed by atoms with Gasteiger partial charge in [-0.2, -0.15) is 5.10 Å². The summed E-state index contributed by atoms with van der Waals surface area (Å²) in [4.78, 5) is 91.6. The summed E-state index contributed by atoms with van der Waals surface area (Å²) in [5.41, 5.74) is 5.03. The topological polar surface area (TPSA) is 290 Å². The zero-order chi connectivity index (χ0) is 94.7. The maximum atomic E-state index is 16.2. The van der Waals surface area contributed by atoms with Crippen LogP contribution < -0.4 is 71.1 Å². The Labute approximate surface area is 798 Å². The number of aromatic carboxylic acids is 1. The number of carboxylic acid groups (broad SMARTS) is 1. The van der Waals surface area contributed by atoms with Gasteiger partial charge in [0, 0.05) is 55.6 Å². The largest absolute Gasteiger partial charge is 0.478 e. The van der Waals surface area contributed by atoms with Crippen LogP contribution in [0.2, 0.25) is 0 Å². The Morgan fingerprint density at radius 3 is 0.736 bits per heavy atom. The number of hydrogen-bond donors (Lipinski definition) is 2. The van der Waals surface area contributed by atoms with Crippen molar-refractivity contribution < 1.29 is 105 Å². The standard InChI is InChI=1S/C116H74N2O22/c119-106(120)73-60-91(101-96(61-73)131-112(136-101,78-37-11-1-12-38-78)79-39-13-2-14-40-79)126-107(121)74-62-92(102-97(66-74)132-113(137-102,80-41-15-3-16-42-80)81-43-17-4-18-44-81)127-108(122)75-63-93(103-98(67-75)133-114(138-103,82-45-19-5-20-46-82)83-47-21-6-22-48-83)128-109(123)76-64-94(104-99(68-76)134-115(139-104,84-49-23-7-24-50-84)85-51-25-8-26-52-85)129-110(124)77-65-95(105-100(69-77)135-116(140-105,86-53-27-9-28-54-86)87-55-29-10-30-56-87)130-111(125)90-70-88(117-118-90)59-58-72-36-33-35-71-34-31-32-57-89(71)72/h1-57,60-70H,58-59H2,(H,117,118)(H,119,120). The molecule has 23 rings (SSSR count). The van der Waals surface area contributed by atoms with Gasteiger partial charge in [0.05, 0.1) is 33.5 Å². The highest BCUT2D eigenvalue weighted by atomic mass is 16.8. The molecule has 2 N–H and O–H groups in total. The Kier molecular flexibility index (Phi) is 21.2. The van der Waals surface area contributed by atoms with Gasteiger partial charge in [-0.1, -0.05) is 346 Å². The lowest BCUT2D eigenvalue weighted by atomic mass is 9.97. The van der Waals surface area contributed by atoms with Crippen molar-refractivity contribution in [2.45, 2.75) is 41.8 Å². The van der Waals surface area contributed by atoms with E-state index in [4.69, 9.17) is 71.1 Å². The molecular weight excluding hydrogens is 1770 g/mol. The number of fused-ring (bicyclic) bond motifs is 6. The zero-order valence-corrected chi connectivity index (χ0v) is 73.6. The Morgan fingerprint density at radius 2 is 0.471 bits per heavy atom. The van der Waals surface area contributed by atoms with E-state index >= 15 is 19.2 Å². The summed E-state index contributed by atoms with van der Waals surface area (Å²) in [6.45, 7) is 0. The molecule has 680 valence electrons. The first-order valence-corrected chi connectivity index (χ1v) is 44.8. The van der Waals surface area contributed by atoms with Crippen LogP contribution in [0.3, 0.4) is 0 Å². The number of carbonyl (C=O) groups excluding carboxylic acids is 5. The molecule has 0 aliphatic carbocycles. The van der Waals surface area contributed by atoms with Gasteiger partial charge in [-0.25, -0.2) is 28.8 Å².